The Labute approximate surface area is 141 Å². The Morgan fingerprint density at radius 1 is 1.29 bits per heavy atom. The van der Waals surface area contributed by atoms with Gasteiger partial charge in [0.2, 0.25) is 5.91 Å². The third-order valence-corrected chi connectivity index (χ3v) is 5.11. The van der Waals surface area contributed by atoms with Crippen molar-refractivity contribution < 1.29 is 14.0 Å². The Morgan fingerprint density at radius 3 is 2.79 bits per heavy atom. The first-order chi connectivity index (χ1) is 11.6. The van der Waals surface area contributed by atoms with Crippen LogP contribution in [0.2, 0.25) is 0 Å². The molecule has 0 unspecified atom stereocenters. The highest BCUT2D eigenvalue weighted by Gasteiger charge is 2.28. The number of anilines is 1. The lowest BCUT2D eigenvalue weighted by molar-refractivity contribution is -0.117. The second-order valence-electron chi connectivity index (χ2n) is 6.67. The molecule has 1 aromatic rings. The summed E-state index contributed by atoms with van der Waals surface area (Å²) in [6, 6.07) is 4.29. The molecule has 2 amide bonds. The van der Waals surface area contributed by atoms with Crippen molar-refractivity contribution >= 4 is 17.5 Å². The average molecular weight is 333 g/mol. The van der Waals surface area contributed by atoms with Crippen LogP contribution in [0.1, 0.15) is 48.9 Å². The van der Waals surface area contributed by atoms with Crippen LogP contribution in [0, 0.1) is 11.7 Å². The number of nitrogens with two attached hydrogens (primary N) is 1. The molecular formula is C18H24FN3O2. The molecule has 1 aliphatic carbocycles. The van der Waals surface area contributed by atoms with Gasteiger partial charge in [0.05, 0.1) is 5.56 Å². The first-order valence-corrected chi connectivity index (χ1v) is 8.71. The van der Waals surface area contributed by atoms with Gasteiger partial charge in [0.1, 0.15) is 5.82 Å². The summed E-state index contributed by atoms with van der Waals surface area (Å²) in [5, 5.41) is 2.94. The molecule has 0 spiro atoms. The smallest absolute Gasteiger partial charge is 0.254 e. The van der Waals surface area contributed by atoms with Gasteiger partial charge in [0, 0.05) is 24.7 Å². The zero-order valence-electron chi connectivity index (χ0n) is 13.8. The van der Waals surface area contributed by atoms with E-state index in [0.29, 0.717) is 25.2 Å². The summed E-state index contributed by atoms with van der Waals surface area (Å²) >= 11 is 0. The molecule has 1 saturated carbocycles. The molecule has 0 aromatic heterocycles. The van der Waals surface area contributed by atoms with Crippen LogP contribution in [0.25, 0.3) is 0 Å². The van der Waals surface area contributed by atoms with E-state index in [0.717, 1.165) is 32.1 Å². The lowest BCUT2D eigenvalue weighted by Gasteiger charge is -2.31. The van der Waals surface area contributed by atoms with Crippen LogP contribution >= 0.6 is 0 Å². The second kappa shape index (κ2) is 7.30. The number of halogens is 1. The van der Waals surface area contributed by atoms with Gasteiger partial charge < -0.3 is 16.0 Å². The Bertz CT molecular complexity index is 635. The minimum Gasteiger partial charge on any atom is -0.349 e. The molecule has 24 heavy (non-hydrogen) atoms. The van der Waals surface area contributed by atoms with Crippen LogP contribution in [0.5, 0.6) is 0 Å². The molecule has 1 saturated heterocycles. The van der Waals surface area contributed by atoms with Crippen molar-refractivity contribution in [2.45, 2.75) is 44.6 Å². The molecule has 3 N–H and O–H groups in total. The van der Waals surface area contributed by atoms with Gasteiger partial charge in [-0.15, -0.1) is 0 Å². The molecule has 1 aromatic carbocycles. The second-order valence-corrected chi connectivity index (χ2v) is 6.67. The van der Waals surface area contributed by atoms with Crippen molar-refractivity contribution in [3.05, 3.63) is 29.6 Å². The van der Waals surface area contributed by atoms with Crippen LogP contribution in [0.3, 0.4) is 0 Å². The molecule has 2 fully saturated rings. The van der Waals surface area contributed by atoms with Gasteiger partial charge >= 0.3 is 0 Å². The molecule has 2 aliphatic rings. The fourth-order valence-corrected chi connectivity index (χ4v) is 3.70. The number of carbonyl (C=O) groups excluding carboxylic acids is 2. The number of rotatable bonds is 4. The van der Waals surface area contributed by atoms with Crippen molar-refractivity contribution in [2.75, 3.05) is 18.0 Å². The Morgan fingerprint density at radius 2 is 2.08 bits per heavy atom. The summed E-state index contributed by atoms with van der Waals surface area (Å²) in [5.74, 6) is -0.730. The van der Waals surface area contributed by atoms with Gasteiger partial charge in [-0.05, 0) is 49.9 Å². The quantitative estimate of drug-likeness (QED) is 0.887. The third-order valence-electron chi connectivity index (χ3n) is 5.11. The highest BCUT2D eigenvalue weighted by Crippen LogP contribution is 2.26. The fourth-order valence-electron chi connectivity index (χ4n) is 3.70. The third kappa shape index (κ3) is 3.43. The van der Waals surface area contributed by atoms with Crippen LogP contribution in [-0.2, 0) is 4.79 Å². The van der Waals surface area contributed by atoms with Crippen LogP contribution < -0.4 is 16.0 Å². The van der Waals surface area contributed by atoms with Gasteiger partial charge in [0.25, 0.3) is 5.91 Å². The molecule has 1 heterocycles. The van der Waals surface area contributed by atoms with Gasteiger partial charge in [-0.2, -0.15) is 0 Å². The van der Waals surface area contributed by atoms with Crippen molar-refractivity contribution in [1.29, 1.82) is 0 Å². The first-order valence-electron chi connectivity index (χ1n) is 8.71. The number of hydrogen-bond acceptors (Lipinski definition) is 3. The molecule has 3 rings (SSSR count). The SMILES string of the molecule is NC[C@@H]1CCCC[C@H]1NC(=O)c1cc(N2CCCC2=O)ccc1F. The van der Waals surface area contributed by atoms with E-state index in [1.165, 1.54) is 12.1 Å². The van der Waals surface area contributed by atoms with Crippen LogP contribution in [0.4, 0.5) is 10.1 Å². The molecule has 5 nitrogen and oxygen atoms in total. The molecule has 0 bridgehead atoms. The molecule has 0 radical (unpaired) electrons. The summed E-state index contributed by atoms with van der Waals surface area (Å²) in [7, 11) is 0. The standard InChI is InChI=1S/C18H24FN3O2/c19-15-8-7-13(22-9-3-6-17(22)23)10-14(15)18(24)21-16-5-2-1-4-12(16)11-20/h7-8,10,12,16H,1-6,9,11,20H2,(H,21,24)/t12-,16+/m0/s1. The summed E-state index contributed by atoms with van der Waals surface area (Å²) < 4.78 is 14.1. The molecule has 6 heteroatoms. The van der Waals surface area contributed by atoms with E-state index in [2.05, 4.69) is 5.32 Å². The number of amides is 2. The Balaban J connectivity index is 1.77. The summed E-state index contributed by atoms with van der Waals surface area (Å²) in [6.07, 6.45) is 5.32. The van der Waals surface area contributed by atoms with E-state index < -0.39 is 11.7 Å². The van der Waals surface area contributed by atoms with Gasteiger partial charge in [0.15, 0.2) is 0 Å². The van der Waals surface area contributed by atoms with E-state index in [-0.39, 0.29) is 23.4 Å². The number of hydrogen-bond donors (Lipinski definition) is 2. The van der Waals surface area contributed by atoms with Crippen molar-refractivity contribution in [3.8, 4) is 0 Å². The van der Waals surface area contributed by atoms with Crippen molar-refractivity contribution in [3.63, 3.8) is 0 Å². The zero-order valence-corrected chi connectivity index (χ0v) is 13.8. The van der Waals surface area contributed by atoms with Gasteiger partial charge in [-0.1, -0.05) is 12.8 Å². The number of nitrogens with zero attached hydrogens (tertiary/aromatic N) is 1. The van der Waals surface area contributed by atoms with E-state index in [4.69, 9.17) is 5.73 Å². The van der Waals surface area contributed by atoms with E-state index in [9.17, 15) is 14.0 Å². The van der Waals surface area contributed by atoms with E-state index >= 15 is 0 Å². The summed E-state index contributed by atoms with van der Waals surface area (Å²) in [5.41, 5.74) is 6.37. The highest BCUT2D eigenvalue weighted by molar-refractivity contribution is 5.99. The predicted octanol–water partition coefficient (Wildman–Crippen LogP) is 2.20. The molecular weight excluding hydrogens is 309 g/mol. The van der Waals surface area contributed by atoms with Crippen LogP contribution in [-0.4, -0.2) is 30.9 Å². The lowest BCUT2D eigenvalue weighted by atomic mass is 9.84. The van der Waals surface area contributed by atoms with E-state index in [1.807, 2.05) is 0 Å². The van der Waals surface area contributed by atoms with Crippen LogP contribution in [0.15, 0.2) is 18.2 Å². The summed E-state index contributed by atoms with van der Waals surface area (Å²) in [4.78, 5) is 26.0. The normalized spacial score (nSPS) is 24.2. The lowest BCUT2D eigenvalue weighted by Crippen LogP contribution is -2.45. The molecule has 130 valence electrons. The minimum atomic E-state index is -0.567. The minimum absolute atomic E-state index is 0.00598. The van der Waals surface area contributed by atoms with Crippen molar-refractivity contribution in [2.24, 2.45) is 11.7 Å². The Kier molecular flexibility index (Phi) is 5.14. The average Bonchev–Trinajstić information content (AvgIpc) is 3.02. The fraction of sp³-hybridized carbons (Fsp3) is 0.556. The maximum absolute atomic E-state index is 14.1. The largest absolute Gasteiger partial charge is 0.349 e. The topological polar surface area (TPSA) is 75.4 Å². The van der Waals surface area contributed by atoms with Gasteiger partial charge in [-0.3, -0.25) is 9.59 Å². The van der Waals surface area contributed by atoms with Gasteiger partial charge in [-0.25, -0.2) is 4.39 Å². The zero-order chi connectivity index (χ0) is 17.1. The molecule has 1 aliphatic heterocycles. The maximum Gasteiger partial charge on any atom is 0.254 e. The number of nitrogens with one attached hydrogen (secondary N) is 1. The number of benzene rings is 1. The molecule has 2 atom stereocenters. The predicted molar refractivity (Wildman–Crippen MR) is 90.3 cm³/mol. The maximum atomic E-state index is 14.1. The summed E-state index contributed by atoms with van der Waals surface area (Å²) in [6.45, 7) is 1.14. The monoisotopic (exact) mass is 333 g/mol. The van der Waals surface area contributed by atoms with E-state index in [1.54, 1.807) is 11.0 Å². The Hall–Kier alpha value is -1.95. The highest BCUT2D eigenvalue weighted by atomic mass is 19.1. The first kappa shape index (κ1) is 16.9. The van der Waals surface area contributed by atoms with Crippen molar-refractivity contribution in [1.82, 2.24) is 5.32 Å². The number of carbonyl (C=O) groups is 2.